The van der Waals surface area contributed by atoms with Gasteiger partial charge in [-0.3, -0.25) is 4.79 Å². The van der Waals surface area contributed by atoms with Crippen molar-refractivity contribution < 1.29 is 4.79 Å². The van der Waals surface area contributed by atoms with Crippen LogP contribution in [0.3, 0.4) is 0 Å². The SMILES string of the molecule is C[C@H]1Cc2ccccc2N(C(=O)CCc2cscn2)C1. The lowest BCUT2D eigenvalue weighted by Crippen LogP contribution is -2.39. The molecular weight excluding hydrogens is 268 g/mol. The molecule has 0 radical (unpaired) electrons. The Balaban J connectivity index is 1.74. The molecule has 2 aromatic rings. The van der Waals surface area contributed by atoms with Crippen LogP contribution in [0.2, 0.25) is 0 Å². The van der Waals surface area contributed by atoms with Gasteiger partial charge in [0.05, 0.1) is 11.2 Å². The molecule has 1 aromatic heterocycles. The molecule has 0 fully saturated rings. The number of nitrogens with zero attached hydrogens (tertiary/aromatic N) is 2. The quantitative estimate of drug-likeness (QED) is 0.867. The third-order valence-corrected chi connectivity index (χ3v) is 4.36. The highest BCUT2D eigenvalue weighted by Crippen LogP contribution is 2.29. The Labute approximate surface area is 123 Å². The first-order valence-corrected chi connectivity index (χ1v) is 7.93. The number of benzene rings is 1. The lowest BCUT2D eigenvalue weighted by Gasteiger charge is -2.33. The predicted octanol–water partition coefficient (Wildman–Crippen LogP) is 3.30. The van der Waals surface area contributed by atoms with Crippen molar-refractivity contribution in [1.29, 1.82) is 0 Å². The van der Waals surface area contributed by atoms with Gasteiger partial charge in [0.2, 0.25) is 5.91 Å². The summed E-state index contributed by atoms with van der Waals surface area (Å²) in [5.74, 6) is 0.727. The van der Waals surface area contributed by atoms with Crippen molar-refractivity contribution in [1.82, 2.24) is 4.98 Å². The lowest BCUT2D eigenvalue weighted by molar-refractivity contribution is -0.118. The minimum absolute atomic E-state index is 0.206. The van der Waals surface area contributed by atoms with Gasteiger partial charge in [0.15, 0.2) is 0 Å². The Bertz CT molecular complexity index is 594. The van der Waals surface area contributed by atoms with E-state index in [1.54, 1.807) is 11.3 Å². The molecule has 104 valence electrons. The van der Waals surface area contributed by atoms with Crippen LogP contribution in [0.15, 0.2) is 35.2 Å². The number of fused-ring (bicyclic) bond motifs is 1. The zero-order chi connectivity index (χ0) is 13.9. The molecule has 0 spiro atoms. The summed E-state index contributed by atoms with van der Waals surface area (Å²) >= 11 is 1.58. The molecule has 1 aliphatic rings. The van der Waals surface area contributed by atoms with E-state index in [1.807, 2.05) is 21.9 Å². The number of carbonyl (C=O) groups excluding carboxylic acids is 1. The fourth-order valence-electron chi connectivity index (χ4n) is 2.76. The molecule has 1 aromatic carbocycles. The first-order valence-electron chi connectivity index (χ1n) is 6.99. The molecule has 4 heteroatoms. The van der Waals surface area contributed by atoms with Crippen LogP contribution >= 0.6 is 11.3 Å². The topological polar surface area (TPSA) is 33.2 Å². The third kappa shape index (κ3) is 2.75. The molecule has 20 heavy (non-hydrogen) atoms. The van der Waals surface area contributed by atoms with Crippen LogP contribution in [0.1, 0.15) is 24.6 Å². The van der Waals surface area contributed by atoms with Crippen molar-refractivity contribution in [3.05, 3.63) is 46.4 Å². The summed E-state index contributed by atoms with van der Waals surface area (Å²) in [4.78, 5) is 18.7. The van der Waals surface area contributed by atoms with Crippen molar-refractivity contribution in [2.75, 3.05) is 11.4 Å². The average Bonchev–Trinajstić information content (AvgIpc) is 2.97. The molecular formula is C16H18N2OS. The van der Waals surface area contributed by atoms with Crippen LogP contribution in [0.5, 0.6) is 0 Å². The zero-order valence-electron chi connectivity index (χ0n) is 11.6. The number of para-hydroxylation sites is 1. The van der Waals surface area contributed by atoms with Crippen molar-refractivity contribution >= 4 is 22.9 Å². The van der Waals surface area contributed by atoms with Crippen molar-refractivity contribution in [2.24, 2.45) is 5.92 Å². The maximum Gasteiger partial charge on any atom is 0.227 e. The maximum atomic E-state index is 12.5. The largest absolute Gasteiger partial charge is 0.312 e. The normalized spacial score (nSPS) is 17.9. The Morgan fingerprint density at radius 2 is 2.30 bits per heavy atom. The molecule has 3 rings (SSSR count). The van der Waals surface area contributed by atoms with E-state index in [9.17, 15) is 4.79 Å². The predicted molar refractivity (Wildman–Crippen MR) is 82.1 cm³/mol. The molecule has 0 bridgehead atoms. The molecule has 1 aliphatic heterocycles. The standard InChI is InChI=1S/C16H18N2OS/c1-12-8-13-4-2-3-5-15(13)18(9-12)16(19)7-6-14-10-20-11-17-14/h2-5,10-12H,6-9H2,1H3/t12-/m0/s1. The van der Waals surface area contributed by atoms with Crippen molar-refractivity contribution in [2.45, 2.75) is 26.2 Å². The summed E-state index contributed by atoms with van der Waals surface area (Å²) in [6.07, 6.45) is 2.33. The van der Waals surface area contributed by atoms with Gasteiger partial charge in [0.1, 0.15) is 0 Å². The molecule has 0 saturated heterocycles. The molecule has 0 aliphatic carbocycles. The van der Waals surface area contributed by atoms with E-state index in [2.05, 4.69) is 30.1 Å². The Hall–Kier alpha value is -1.68. The van der Waals surface area contributed by atoms with Crippen molar-refractivity contribution in [3.8, 4) is 0 Å². The summed E-state index contributed by atoms with van der Waals surface area (Å²) < 4.78 is 0. The molecule has 1 amide bonds. The maximum absolute atomic E-state index is 12.5. The van der Waals surface area contributed by atoms with Crippen LogP contribution in [-0.2, 0) is 17.6 Å². The highest BCUT2D eigenvalue weighted by molar-refractivity contribution is 7.07. The fourth-order valence-corrected chi connectivity index (χ4v) is 3.36. The monoisotopic (exact) mass is 286 g/mol. The van der Waals surface area contributed by atoms with Crippen LogP contribution in [0.25, 0.3) is 0 Å². The Kier molecular flexibility index (Phi) is 3.83. The second-order valence-corrected chi connectivity index (χ2v) is 6.14. The van der Waals surface area contributed by atoms with E-state index >= 15 is 0 Å². The van der Waals surface area contributed by atoms with Crippen LogP contribution < -0.4 is 4.90 Å². The lowest BCUT2D eigenvalue weighted by atomic mass is 9.93. The number of rotatable bonds is 3. The molecule has 0 saturated carbocycles. The second kappa shape index (κ2) is 5.75. The number of aryl methyl sites for hydroxylation is 1. The van der Waals surface area contributed by atoms with Gasteiger partial charge in [-0.15, -0.1) is 11.3 Å². The van der Waals surface area contributed by atoms with Crippen molar-refractivity contribution in [3.63, 3.8) is 0 Å². The summed E-state index contributed by atoms with van der Waals surface area (Å²) in [6.45, 7) is 3.03. The molecule has 0 N–H and O–H groups in total. The summed E-state index contributed by atoms with van der Waals surface area (Å²) in [5.41, 5.74) is 5.21. The fraction of sp³-hybridized carbons (Fsp3) is 0.375. The Morgan fingerprint density at radius 3 is 3.10 bits per heavy atom. The van der Waals surface area contributed by atoms with Crippen LogP contribution in [0.4, 0.5) is 5.69 Å². The summed E-state index contributed by atoms with van der Waals surface area (Å²) in [5, 5.41) is 2.01. The first-order chi connectivity index (χ1) is 9.74. The smallest absolute Gasteiger partial charge is 0.227 e. The van der Waals surface area contributed by atoms with Gasteiger partial charge in [-0.05, 0) is 30.4 Å². The number of aromatic nitrogens is 1. The Morgan fingerprint density at radius 1 is 1.45 bits per heavy atom. The zero-order valence-corrected chi connectivity index (χ0v) is 12.4. The number of anilines is 1. The van der Waals surface area contributed by atoms with Gasteiger partial charge < -0.3 is 4.90 Å². The molecule has 0 unspecified atom stereocenters. The number of hydrogen-bond acceptors (Lipinski definition) is 3. The summed E-state index contributed by atoms with van der Waals surface area (Å²) in [7, 11) is 0. The molecule has 1 atom stereocenters. The minimum atomic E-state index is 0.206. The highest BCUT2D eigenvalue weighted by atomic mass is 32.1. The van der Waals surface area contributed by atoms with Gasteiger partial charge in [0, 0.05) is 24.0 Å². The highest BCUT2D eigenvalue weighted by Gasteiger charge is 2.25. The third-order valence-electron chi connectivity index (χ3n) is 3.72. The average molecular weight is 286 g/mol. The number of hydrogen-bond donors (Lipinski definition) is 0. The van der Waals surface area contributed by atoms with E-state index in [1.165, 1.54) is 5.56 Å². The minimum Gasteiger partial charge on any atom is -0.312 e. The van der Waals surface area contributed by atoms with Gasteiger partial charge in [-0.25, -0.2) is 4.98 Å². The van der Waals surface area contributed by atoms with E-state index in [0.29, 0.717) is 12.3 Å². The van der Waals surface area contributed by atoms with E-state index < -0.39 is 0 Å². The van der Waals surface area contributed by atoms with E-state index in [0.717, 1.165) is 30.8 Å². The number of thiazole rings is 1. The van der Waals surface area contributed by atoms with Crippen LogP contribution in [-0.4, -0.2) is 17.4 Å². The summed E-state index contributed by atoms with van der Waals surface area (Å²) in [6, 6.07) is 8.25. The van der Waals surface area contributed by atoms with Gasteiger partial charge in [-0.2, -0.15) is 0 Å². The first kappa shape index (κ1) is 13.3. The molecule has 2 heterocycles. The van der Waals surface area contributed by atoms with Crippen LogP contribution in [0, 0.1) is 5.92 Å². The van der Waals surface area contributed by atoms with E-state index in [-0.39, 0.29) is 5.91 Å². The van der Waals surface area contributed by atoms with Gasteiger partial charge >= 0.3 is 0 Å². The molecule has 3 nitrogen and oxygen atoms in total. The van der Waals surface area contributed by atoms with E-state index in [4.69, 9.17) is 0 Å². The van der Waals surface area contributed by atoms with Gasteiger partial charge in [-0.1, -0.05) is 25.1 Å². The number of carbonyl (C=O) groups is 1. The number of amides is 1. The van der Waals surface area contributed by atoms with Gasteiger partial charge in [0.25, 0.3) is 0 Å². The second-order valence-electron chi connectivity index (χ2n) is 5.42.